The van der Waals surface area contributed by atoms with Crippen LogP contribution in [0.5, 0.6) is 5.75 Å². The number of halogens is 1. The van der Waals surface area contributed by atoms with Crippen molar-refractivity contribution >= 4 is 35.5 Å². The second kappa shape index (κ2) is 9.59. The van der Waals surface area contributed by atoms with Crippen LogP contribution in [-0.4, -0.2) is 57.5 Å². The van der Waals surface area contributed by atoms with Gasteiger partial charge in [0.1, 0.15) is 47.7 Å². The van der Waals surface area contributed by atoms with E-state index in [-0.39, 0.29) is 30.4 Å². The highest BCUT2D eigenvalue weighted by atomic mass is 32.2. The molecule has 2 amide bonds. The Morgan fingerprint density at radius 1 is 1.21 bits per heavy atom. The van der Waals surface area contributed by atoms with Crippen LogP contribution in [0.3, 0.4) is 0 Å². The third kappa shape index (κ3) is 4.76. The summed E-state index contributed by atoms with van der Waals surface area (Å²) >= 11 is 1.26. The first kappa shape index (κ1) is 23.4. The molecule has 2 aliphatic rings. The molecule has 0 unspecified atom stereocenters. The summed E-state index contributed by atoms with van der Waals surface area (Å²) in [6, 6.07) is 7.44. The molecule has 10 nitrogen and oxygen atoms in total. The van der Waals surface area contributed by atoms with Gasteiger partial charge < -0.3 is 24.3 Å². The molecular formula is C22H19FN2O8S. The van der Waals surface area contributed by atoms with Crippen LogP contribution in [0, 0.1) is 5.82 Å². The lowest BCUT2D eigenvalue weighted by Gasteiger charge is -2.49. The van der Waals surface area contributed by atoms with Crippen molar-refractivity contribution in [2.24, 2.45) is 0 Å². The Kier molecular flexibility index (Phi) is 6.59. The van der Waals surface area contributed by atoms with Crippen LogP contribution in [0.4, 0.5) is 4.39 Å². The number of hydrogen-bond donors (Lipinski definition) is 2. The van der Waals surface area contributed by atoms with Gasteiger partial charge in [-0.2, -0.15) is 0 Å². The van der Waals surface area contributed by atoms with Crippen molar-refractivity contribution in [1.82, 2.24) is 10.2 Å². The minimum Gasteiger partial charge on any atom is -0.486 e. The van der Waals surface area contributed by atoms with Gasteiger partial charge in [0.2, 0.25) is 0 Å². The second-order valence-corrected chi connectivity index (χ2v) is 8.51. The number of fused-ring (bicyclic) bond motifs is 1. The molecule has 1 fully saturated rings. The standard InChI is InChI=1S/C22H19FN2O8S/c1-11(26)31-8-12-10-34-21-17(20(28)25(21)18(12)22(29)30)24-19(27)16-7-6-15(33-16)9-32-14-4-2-13(23)3-5-14/h2-7,17,21H,8-10H2,1H3,(H,24,27)(H,29,30)/t17-,21+/m1/s1. The first-order valence-corrected chi connectivity index (χ1v) is 11.1. The summed E-state index contributed by atoms with van der Waals surface area (Å²) in [5, 5.41) is 11.5. The minimum atomic E-state index is -1.32. The predicted octanol–water partition coefficient (Wildman–Crippen LogP) is 1.91. The number of thioether (sulfide) groups is 1. The summed E-state index contributed by atoms with van der Waals surface area (Å²) in [5.74, 6) is -2.56. The number of carboxylic acids is 1. The summed E-state index contributed by atoms with van der Waals surface area (Å²) in [7, 11) is 0. The Bertz CT molecular complexity index is 1180. The molecule has 0 radical (unpaired) electrons. The molecule has 1 saturated heterocycles. The van der Waals surface area contributed by atoms with E-state index in [4.69, 9.17) is 13.9 Å². The number of aliphatic carboxylic acids is 1. The van der Waals surface area contributed by atoms with Gasteiger partial charge in [0.05, 0.1) is 0 Å². The summed E-state index contributed by atoms with van der Waals surface area (Å²) in [6.45, 7) is 0.979. The number of hydrogen-bond acceptors (Lipinski definition) is 8. The Morgan fingerprint density at radius 2 is 1.94 bits per heavy atom. The van der Waals surface area contributed by atoms with Crippen LogP contribution in [0.2, 0.25) is 0 Å². The zero-order chi connectivity index (χ0) is 24.4. The van der Waals surface area contributed by atoms with Crippen LogP contribution in [0.25, 0.3) is 0 Å². The first-order valence-electron chi connectivity index (χ1n) is 10.1. The van der Waals surface area contributed by atoms with Crippen LogP contribution < -0.4 is 10.1 Å². The fraction of sp³-hybridized carbons (Fsp3) is 0.273. The maximum absolute atomic E-state index is 13.0. The van der Waals surface area contributed by atoms with E-state index in [0.717, 1.165) is 4.90 Å². The molecule has 4 rings (SSSR count). The second-order valence-electron chi connectivity index (χ2n) is 7.41. The van der Waals surface area contributed by atoms with Crippen molar-refractivity contribution in [3.8, 4) is 5.75 Å². The third-order valence-corrected chi connectivity index (χ3v) is 6.41. The highest BCUT2D eigenvalue weighted by molar-refractivity contribution is 8.00. The zero-order valence-electron chi connectivity index (χ0n) is 17.8. The fourth-order valence-electron chi connectivity index (χ4n) is 3.46. The number of β-lactam (4-membered cyclic amide) rings is 1. The molecule has 2 aromatic rings. The average Bonchev–Trinajstić information content (AvgIpc) is 3.29. The number of esters is 1. The summed E-state index contributed by atoms with van der Waals surface area (Å²) in [5.41, 5.74) is 0.0673. The Hall–Kier alpha value is -3.80. The van der Waals surface area contributed by atoms with E-state index in [1.807, 2.05) is 0 Å². The SMILES string of the molecule is CC(=O)OCC1=C(C(=O)O)N2C(=O)[C@@H](NC(=O)c3ccc(COc4ccc(F)cc4)o3)[C@@H]2SC1. The quantitative estimate of drug-likeness (QED) is 0.420. The van der Waals surface area contributed by atoms with Crippen molar-refractivity contribution in [2.75, 3.05) is 12.4 Å². The smallest absolute Gasteiger partial charge is 0.352 e. The summed E-state index contributed by atoms with van der Waals surface area (Å²) in [6.07, 6.45) is 0. The monoisotopic (exact) mass is 490 g/mol. The van der Waals surface area contributed by atoms with E-state index in [2.05, 4.69) is 5.32 Å². The lowest BCUT2D eigenvalue weighted by atomic mass is 10.0. The number of rotatable bonds is 8. The number of amides is 2. The molecule has 1 aromatic carbocycles. The van der Waals surface area contributed by atoms with E-state index < -0.39 is 41.0 Å². The van der Waals surface area contributed by atoms with Gasteiger partial charge in [-0.15, -0.1) is 11.8 Å². The number of benzene rings is 1. The topological polar surface area (TPSA) is 135 Å². The van der Waals surface area contributed by atoms with Crippen molar-refractivity contribution in [2.45, 2.75) is 24.9 Å². The molecule has 34 heavy (non-hydrogen) atoms. The molecular weight excluding hydrogens is 471 g/mol. The number of furan rings is 1. The third-order valence-electron chi connectivity index (χ3n) is 5.07. The van der Waals surface area contributed by atoms with Gasteiger partial charge in [-0.05, 0) is 36.4 Å². The zero-order valence-corrected chi connectivity index (χ0v) is 18.6. The van der Waals surface area contributed by atoms with E-state index in [1.54, 1.807) is 0 Å². The molecule has 12 heteroatoms. The Morgan fingerprint density at radius 3 is 2.62 bits per heavy atom. The number of nitrogens with zero attached hydrogens (tertiary/aromatic N) is 1. The minimum absolute atomic E-state index is 0.00536. The number of carbonyl (C=O) groups excluding carboxylic acids is 3. The maximum Gasteiger partial charge on any atom is 0.352 e. The van der Waals surface area contributed by atoms with Gasteiger partial charge in [-0.3, -0.25) is 19.3 Å². The number of nitrogens with one attached hydrogen (secondary N) is 1. The van der Waals surface area contributed by atoms with Gasteiger partial charge in [0.25, 0.3) is 11.8 Å². The van der Waals surface area contributed by atoms with Gasteiger partial charge in [-0.25, -0.2) is 9.18 Å². The van der Waals surface area contributed by atoms with E-state index in [1.165, 1.54) is 55.1 Å². The van der Waals surface area contributed by atoms with Gasteiger partial charge in [-0.1, -0.05) is 0 Å². The molecule has 1 aromatic heterocycles. The molecule has 0 aliphatic carbocycles. The van der Waals surface area contributed by atoms with Gasteiger partial charge >= 0.3 is 11.9 Å². The van der Waals surface area contributed by atoms with Gasteiger partial charge in [0, 0.05) is 18.2 Å². The largest absolute Gasteiger partial charge is 0.486 e. The Balaban J connectivity index is 1.37. The molecule has 0 saturated carbocycles. The maximum atomic E-state index is 13.0. The summed E-state index contributed by atoms with van der Waals surface area (Å²) in [4.78, 5) is 49.2. The number of carbonyl (C=O) groups is 4. The summed E-state index contributed by atoms with van der Waals surface area (Å²) < 4.78 is 28.8. The normalized spacial score (nSPS) is 19.2. The molecule has 3 heterocycles. The molecule has 2 aliphatic heterocycles. The Labute approximate surface area is 196 Å². The first-order chi connectivity index (χ1) is 16.2. The number of carboxylic acid groups (broad SMARTS) is 1. The van der Waals surface area contributed by atoms with Crippen LogP contribution in [0.1, 0.15) is 23.2 Å². The molecule has 178 valence electrons. The lowest BCUT2D eigenvalue weighted by molar-refractivity contribution is -0.149. The highest BCUT2D eigenvalue weighted by Crippen LogP contribution is 2.40. The van der Waals surface area contributed by atoms with Crippen LogP contribution in [0.15, 0.2) is 52.1 Å². The molecule has 0 bridgehead atoms. The van der Waals surface area contributed by atoms with E-state index in [0.29, 0.717) is 17.1 Å². The van der Waals surface area contributed by atoms with Crippen LogP contribution >= 0.6 is 11.8 Å². The van der Waals surface area contributed by atoms with E-state index >= 15 is 0 Å². The predicted molar refractivity (Wildman–Crippen MR) is 115 cm³/mol. The van der Waals surface area contributed by atoms with Gasteiger partial charge in [0.15, 0.2) is 5.76 Å². The lowest BCUT2D eigenvalue weighted by Crippen LogP contribution is -2.70. The highest BCUT2D eigenvalue weighted by Gasteiger charge is 2.54. The molecule has 2 N–H and O–H groups in total. The van der Waals surface area contributed by atoms with Crippen molar-refractivity contribution < 1.29 is 42.6 Å². The van der Waals surface area contributed by atoms with Crippen molar-refractivity contribution in [1.29, 1.82) is 0 Å². The van der Waals surface area contributed by atoms with Crippen LogP contribution in [-0.2, 0) is 25.7 Å². The van der Waals surface area contributed by atoms with Crippen molar-refractivity contribution in [3.05, 3.63) is 65.0 Å². The van der Waals surface area contributed by atoms with Crippen molar-refractivity contribution in [3.63, 3.8) is 0 Å². The molecule has 0 spiro atoms. The van der Waals surface area contributed by atoms with E-state index in [9.17, 15) is 28.7 Å². The molecule has 2 atom stereocenters. The number of ether oxygens (including phenoxy) is 2. The fourth-order valence-corrected chi connectivity index (χ4v) is 4.79. The average molecular weight is 490 g/mol.